The van der Waals surface area contributed by atoms with E-state index in [-0.39, 0.29) is 10.7 Å². The molecule has 0 unspecified atom stereocenters. The van der Waals surface area contributed by atoms with Crippen LogP contribution in [0.4, 0.5) is 18.9 Å². The van der Waals surface area contributed by atoms with E-state index in [9.17, 15) is 22.8 Å². The van der Waals surface area contributed by atoms with Gasteiger partial charge in [0, 0.05) is 11.2 Å². The van der Waals surface area contributed by atoms with Crippen LogP contribution in [-0.2, 0) is 17.5 Å². The second-order valence-electron chi connectivity index (χ2n) is 4.53. The van der Waals surface area contributed by atoms with Gasteiger partial charge in [0.1, 0.15) is 12.1 Å². The molecule has 0 aliphatic carbocycles. The van der Waals surface area contributed by atoms with Gasteiger partial charge in [-0.25, -0.2) is 0 Å². The van der Waals surface area contributed by atoms with Crippen molar-refractivity contribution >= 4 is 34.8 Å². The molecule has 0 aliphatic rings. The number of carbonyl (C=O) groups excluding carboxylic acids is 1. The summed E-state index contributed by atoms with van der Waals surface area (Å²) in [7, 11) is 0. The summed E-state index contributed by atoms with van der Waals surface area (Å²) in [4.78, 5) is 23.6. The molecule has 1 aromatic heterocycles. The van der Waals surface area contributed by atoms with Crippen LogP contribution in [-0.4, -0.2) is 10.5 Å². The monoisotopic (exact) mass is 364 g/mol. The molecule has 2 rings (SSSR count). The molecule has 0 saturated carbocycles. The lowest BCUT2D eigenvalue weighted by atomic mass is 10.2. The molecule has 1 amide bonds. The largest absolute Gasteiger partial charge is 0.421 e. The van der Waals surface area contributed by atoms with Crippen LogP contribution in [0.5, 0.6) is 0 Å². The Morgan fingerprint density at radius 1 is 1.22 bits per heavy atom. The molecule has 2 aromatic rings. The van der Waals surface area contributed by atoms with E-state index in [2.05, 4.69) is 5.32 Å². The highest BCUT2D eigenvalue weighted by molar-refractivity contribution is 6.36. The number of benzene rings is 1. The van der Waals surface area contributed by atoms with Crippen molar-refractivity contribution in [3.63, 3.8) is 0 Å². The molecule has 122 valence electrons. The molecule has 1 aromatic carbocycles. The maximum Gasteiger partial charge on any atom is 0.421 e. The number of alkyl halides is 3. The molecule has 0 fully saturated rings. The van der Waals surface area contributed by atoms with E-state index in [0.717, 1.165) is 12.3 Å². The lowest BCUT2D eigenvalue weighted by Gasteiger charge is -2.11. The number of hydrogen-bond acceptors (Lipinski definition) is 2. The van der Waals surface area contributed by atoms with Gasteiger partial charge in [0.25, 0.3) is 5.56 Å². The fraction of sp³-hybridized carbons (Fsp3) is 0.143. The fourth-order valence-corrected chi connectivity index (χ4v) is 2.27. The van der Waals surface area contributed by atoms with Crippen molar-refractivity contribution in [2.24, 2.45) is 0 Å². The first-order chi connectivity index (χ1) is 10.7. The average Bonchev–Trinajstić information content (AvgIpc) is 2.43. The number of aromatic nitrogens is 1. The smallest absolute Gasteiger partial charge is 0.323 e. The number of amides is 1. The van der Waals surface area contributed by atoms with E-state index < -0.39 is 29.8 Å². The number of nitrogens with zero attached hydrogens (tertiary/aromatic N) is 1. The summed E-state index contributed by atoms with van der Waals surface area (Å²) >= 11 is 11.6. The zero-order chi connectivity index (χ0) is 17.2. The van der Waals surface area contributed by atoms with Gasteiger partial charge in [0.15, 0.2) is 0 Å². The lowest BCUT2D eigenvalue weighted by Crippen LogP contribution is -2.31. The molecule has 4 nitrogen and oxygen atoms in total. The van der Waals surface area contributed by atoms with Gasteiger partial charge < -0.3 is 9.88 Å². The third-order valence-corrected chi connectivity index (χ3v) is 3.39. The molecule has 0 aliphatic heterocycles. The summed E-state index contributed by atoms with van der Waals surface area (Å²) in [6, 6.07) is 6.03. The van der Waals surface area contributed by atoms with Crippen LogP contribution in [0.3, 0.4) is 0 Å². The van der Waals surface area contributed by atoms with E-state index in [0.29, 0.717) is 15.7 Å². The zero-order valence-electron chi connectivity index (χ0n) is 11.3. The Morgan fingerprint density at radius 3 is 2.52 bits per heavy atom. The first-order valence-electron chi connectivity index (χ1n) is 6.20. The number of carbonyl (C=O) groups is 1. The third-order valence-electron chi connectivity index (χ3n) is 2.84. The van der Waals surface area contributed by atoms with E-state index in [1.54, 1.807) is 0 Å². The summed E-state index contributed by atoms with van der Waals surface area (Å²) in [6.45, 7) is -0.582. The van der Waals surface area contributed by atoms with Crippen molar-refractivity contribution in [1.82, 2.24) is 4.57 Å². The minimum atomic E-state index is -4.78. The van der Waals surface area contributed by atoms with Gasteiger partial charge in [-0.15, -0.1) is 0 Å². The van der Waals surface area contributed by atoms with Crippen molar-refractivity contribution in [2.75, 3.05) is 5.32 Å². The summed E-state index contributed by atoms with van der Waals surface area (Å²) in [5.74, 6) is -0.698. The van der Waals surface area contributed by atoms with Gasteiger partial charge in [-0.2, -0.15) is 13.2 Å². The van der Waals surface area contributed by atoms with Gasteiger partial charge in [-0.05, 0) is 30.3 Å². The predicted octanol–water partition coefficient (Wildman–Crippen LogP) is 3.81. The predicted molar refractivity (Wildman–Crippen MR) is 80.8 cm³/mol. The highest BCUT2D eigenvalue weighted by Gasteiger charge is 2.34. The second-order valence-corrected chi connectivity index (χ2v) is 5.37. The van der Waals surface area contributed by atoms with Crippen molar-refractivity contribution in [3.8, 4) is 0 Å². The van der Waals surface area contributed by atoms with Gasteiger partial charge in [-0.3, -0.25) is 9.59 Å². The van der Waals surface area contributed by atoms with E-state index in [1.165, 1.54) is 18.2 Å². The van der Waals surface area contributed by atoms with E-state index in [4.69, 9.17) is 23.2 Å². The number of rotatable bonds is 3. The van der Waals surface area contributed by atoms with Gasteiger partial charge in [0.05, 0.1) is 10.7 Å². The standard InChI is InChI=1S/C14H9Cl2F3N2O2/c15-8-3-4-11(10(16)6-8)20-12(22)7-21-5-1-2-9(13(21)23)14(17,18)19/h1-6H,7H2,(H,20,22). The fourth-order valence-electron chi connectivity index (χ4n) is 1.81. The zero-order valence-corrected chi connectivity index (χ0v) is 12.8. The van der Waals surface area contributed by atoms with Crippen LogP contribution in [0, 0.1) is 0 Å². The van der Waals surface area contributed by atoms with Crippen LogP contribution in [0.15, 0.2) is 41.3 Å². The Labute approximate surface area is 138 Å². The van der Waals surface area contributed by atoms with Gasteiger partial charge in [0.2, 0.25) is 5.91 Å². The molecule has 23 heavy (non-hydrogen) atoms. The van der Waals surface area contributed by atoms with Crippen LogP contribution in [0.25, 0.3) is 0 Å². The third kappa shape index (κ3) is 4.27. The quantitative estimate of drug-likeness (QED) is 0.899. The molecular formula is C14H9Cl2F3N2O2. The highest BCUT2D eigenvalue weighted by atomic mass is 35.5. The number of hydrogen-bond donors (Lipinski definition) is 1. The lowest BCUT2D eigenvalue weighted by molar-refractivity contribution is -0.139. The molecule has 0 radical (unpaired) electrons. The normalized spacial score (nSPS) is 11.3. The second kappa shape index (κ2) is 6.64. The van der Waals surface area contributed by atoms with Crippen molar-refractivity contribution in [1.29, 1.82) is 0 Å². The van der Waals surface area contributed by atoms with Crippen LogP contribution < -0.4 is 10.9 Å². The molecule has 1 heterocycles. The molecule has 0 bridgehead atoms. The van der Waals surface area contributed by atoms with Crippen molar-refractivity contribution in [2.45, 2.75) is 12.7 Å². The Balaban J connectivity index is 2.20. The summed E-state index contributed by atoms with van der Waals surface area (Å²) in [6.07, 6.45) is -3.68. The Kier molecular flexibility index (Phi) is 5.01. The maximum atomic E-state index is 12.7. The number of nitrogens with one attached hydrogen (secondary N) is 1. The Morgan fingerprint density at radius 2 is 1.91 bits per heavy atom. The molecule has 9 heteroatoms. The maximum absolute atomic E-state index is 12.7. The van der Waals surface area contributed by atoms with Crippen LogP contribution in [0.2, 0.25) is 10.0 Å². The highest BCUT2D eigenvalue weighted by Crippen LogP contribution is 2.26. The number of halogens is 5. The van der Waals surface area contributed by atoms with Crippen molar-refractivity contribution in [3.05, 3.63) is 62.5 Å². The summed E-state index contributed by atoms with van der Waals surface area (Å²) in [5, 5.41) is 2.93. The minimum absolute atomic E-state index is 0.169. The molecule has 1 N–H and O–H groups in total. The molecule has 0 spiro atoms. The van der Waals surface area contributed by atoms with E-state index in [1.807, 2.05) is 0 Å². The molecular weight excluding hydrogens is 356 g/mol. The van der Waals surface area contributed by atoms with Gasteiger partial charge >= 0.3 is 6.18 Å². The van der Waals surface area contributed by atoms with E-state index >= 15 is 0 Å². The Bertz CT molecular complexity index is 803. The number of anilines is 1. The van der Waals surface area contributed by atoms with Crippen LogP contribution >= 0.6 is 23.2 Å². The van der Waals surface area contributed by atoms with Crippen LogP contribution in [0.1, 0.15) is 5.56 Å². The minimum Gasteiger partial charge on any atom is -0.323 e. The topological polar surface area (TPSA) is 51.1 Å². The first kappa shape index (κ1) is 17.4. The van der Waals surface area contributed by atoms with Crippen molar-refractivity contribution < 1.29 is 18.0 Å². The molecule has 0 atom stereocenters. The van der Waals surface area contributed by atoms with Gasteiger partial charge in [-0.1, -0.05) is 23.2 Å². The molecule has 0 saturated heterocycles. The first-order valence-corrected chi connectivity index (χ1v) is 6.95. The summed E-state index contributed by atoms with van der Waals surface area (Å²) in [5.41, 5.74) is -2.39. The summed E-state index contributed by atoms with van der Waals surface area (Å²) < 4.78 is 38.6. The Hall–Kier alpha value is -1.99. The average molecular weight is 365 g/mol. The number of pyridine rings is 1. The SMILES string of the molecule is O=C(Cn1cccc(C(F)(F)F)c1=O)Nc1ccc(Cl)cc1Cl.